The fourth-order valence-electron chi connectivity index (χ4n) is 2.33. The maximum Gasteiger partial charge on any atom is 0.236 e. The predicted molar refractivity (Wildman–Crippen MR) is 115 cm³/mol. The molecule has 2 heterocycles. The van der Waals surface area contributed by atoms with Gasteiger partial charge in [0.05, 0.1) is 17.4 Å². The Morgan fingerprint density at radius 3 is 2.83 bits per heavy atom. The highest BCUT2D eigenvalue weighted by molar-refractivity contribution is 7.99. The lowest BCUT2D eigenvalue weighted by atomic mass is 10.3. The molecule has 2 aromatic heterocycles. The van der Waals surface area contributed by atoms with E-state index in [0.29, 0.717) is 39.1 Å². The average Bonchev–Trinajstić information content (AvgIpc) is 3.24. The molecule has 1 amide bonds. The number of ether oxygens (including phenoxy) is 1. The zero-order valence-corrected chi connectivity index (χ0v) is 18.8. The van der Waals surface area contributed by atoms with Crippen molar-refractivity contribution < 1.29 is 9.53 Å². The Morgan fingerprint density at radius 2 is 2.10 bits per heavy atom. The van der Waals surface area contributed by atoms with Crippen LogP contribution in [0.25, 0.3) is 0 Å². The number of aryl methyl sites for hydroxylation is 2. The highest BCUT2D eigenvalue weighted by Gasteiger charge is 2.13. The van der Waals surface area contributed by atoms with Gasteiger partial charge in [0.25, 0.3) is 0 Å². The first-order valence-electron chi connectivity index (χ1n) is 8.61. The van der Waals surface area contributed by atoms with Gasteiger partial charge >= 0.3 is 0 Å². The lowest BCUT2D eigenvalue weighted by Gasteiger charge is -2.08. The fraction of sp³-hybridized carbons (Fsp3) is 0.353. The Labute approximate surface area is 186 Å². The minimum absolute atomic E-state index is 0.163. The third-order valence-corrected chi connectivity index (χ3v) is 6.03. The van der Waals surface area contributed by atoms with Crippen LogP contribution in [0.15, 0.2) is 23.4 Å². The van der Waals surface area contributed by atoms with Gasteiger partial charge in [-0.25, -0.2) is 0 Å². The second-order valence-corrected chi connectivity index (χ2v) is 8.92. The number of halogens is 2. The van der Waals surface area contributed by atoms with E-state index in [2.05, 4.69) is 25.7 Å². The Kier molecular flexibility index (Phi) is 7.70. The number of benzene rings is 1. The van der Waals surface area contributed by atoms with Crippen LogP contribution < -0.4 is 10.1 Å². The summed E-state index contributed by atoms with van der Waals surface area (Å²) in [6.45, 7) is 2.32. The lowest BCUT2D eigenvalue weighted by molar-refractivity contribution is -0.113. The molecular formula is C17H18Cl2N6O2S2. The van der Waals surface area contributed by atoms with Crippen LogP contribution in [0.5, 0.6) is 5.75 Å². The topological polar surface area (TPSA) is 94.8 Å². The largest absolute Gasteiger partial charge is 0.492 e. The van der Waals surface area contributed by atoms with Gasteiger partial charge in [-0.2, -0.15) is 0 Å². The van der Waals surface area contributed by atoms with E-state index in [9.17, 15) is 4.79 Å². The zero-order valence-electron chi connectivity index (χ0n) is 15.7. The van der Waals surface area contributed by atoms with Gasteiger partial charge in [0.2, 0.25) is 11.0 Å². The Bertz CT molecular complexity index is 994. The number of nitrogens with zero attached hydrogens (tertiary/aromatic N) is 5. The molecular weight excluding hydrogens is 455 g/mol. The van der Waals surface area contributed by atoms with Crippen molar-refractivity contribution in [2.45, 2.75) is 24.9 Å². The first-order valence-corrected chi connectivity index (χ1v) is 11.2. The van der Waals surface area contributed by atoms with Crippen molar-refractivity contribution in [3.63, 3.8) is 0 Å². The summed E-state index contributed by atoms with van der Waals surface area (Å²) in [6.07, 6.45) is 1.43. The van der Waals surface area contributed by atoms with Crippen LogP contribution in [0.4, 0.5) is 5.13 Å². The first kappa shape index (κ1) is 21.8. The minimum atomic E-state index is -0.163. The van der Waals surface area contributed by atoms with Crippen LogP contribution in [-0.2, 0) is 18.3 Å². The molecule has 0 spiro atoms. The van der Waals surface area contributed by atoms with Crippen LogP contribution in [-0.4, -0.2) is 43.2 Å². The maximum atomic E-state index is 12.0. The summed E-state index contributed by atoms with van der Waals surface area (Å²) in [5.41, 5.74) is 0. The summed E-state index contributed by atoms with van der Waals surface area (Å²) in [6, 6.07) is 5.13. The zero-order chi connectivity index (χ0) is 20.8. The van der Waals surface area contributed by atoms with E-state index in [-0.39, 0.29) is 11.7 Å². The molecule has 3 rings (SSSR count). The second kappa shape index (κ2) is 10.2. The number of hydrogen-bond acceptors (Lipinski definition) is 8. The highest BCUT2D eigenvalue weighted by atomic mass is 35.5. The van der Waals surface area contributed by atoms with Crippen molar-refractivity contribution in [1.29, 1.82) is 0 Å². The second-order valence-electron chi connectivity index (χ2n) is 5.95. The standard InChI is InChI=1S/C17H18Cl2N6O2S2/c1-10-21-23-16(29-10)20-15(26)9-28-17-24-22-14(25(17)2)4-3-7-27-13-6-5-11(18)8-12(13)19/h5-6,8H,3-4,7,9H2,1-2H3,(H,20,23,26). The van der Waals surface area contributed by atoms with Crippen LogP contribution >= 0.6 is 46.3 Å². The summed E-state index contributed by atoms with van der Waals surface area (Å²) in [5, 5.41) is 21.8. The predicted octanol–water partition coefficient (Wildman–Crippen LogP) is 4.02. The molecule has 8 nitrogen and oxygen atoms in total. The molecule has 12 heteroatoms. The van der Waals surface area contributed by atoms with Crippen molar-refractivity contribution in [3.05, 3.63) is 39.1 Å². The van der Waals surface area contributed by atoms with Crippen molar-refractivity contribution in [2.75, 3.05) is 17.7 Å². The molecule has 1 N–H and O–H groups in total. The van der Waals surface area contributed by atoms with Crippen molar-refractivity contribution in [3.8, 4) is 5.75 Å². The smallest absolute Gasteiger partial charge is 0.236 e. The number of hydrogen-bond donors (Lipinski definition) is 1. The van der Waals surface area contributed by atoms with E-state index < -0.39 is 0 Å². The van der Waals surface area contributed by atoms with Gasteiger partial charge in [0.15, 0.2) is 5.16 Å². The summed E-state index contributed by atoms with van der Waals surface area (Å²) < 4.78 is 7.56. The number of anilines is 1. The summed E-state index contributed by atoms with van der Waals surface area (Å²) in [7, 11) is 1.88. The van der Waals surface area contributed by atoms with Gasteiger partial charge in [-0.3, -0.25) is 10.1 Å². The molecule has 0 atom stereocenters. The number of carbonyl (C=O) groups excluding carboxylic acids is 1. The van der Waals surface area contributed by atoms with Gasteiger partial charge in [-0.15, -0.1) is 20.4 Å². The quantitative estimate of drug-likeness (QED) is 0.371. The average molecular weight is 473 g/mol. The molecule has 0 bridgehead atoms. The number of thioether (sulfide) groups is 1. The van der Waals surface area contributed by atoms with E-state index >= 15 is 0 Å². The van der Waals surface area contributed by atoms with Crippen molar-refractivity contribution >= 4 is 57.3 Å². The van der Waals surface area contributed by atoms with Crippen LogP contribution in [0.2, 0.25) is 10.0 Å². The summed E-state index contributed by atoms with van der Waals surface area (Å²) in [4.78, 5) is 12.0. The third-order valence-electron chi connectivity index (χ3n) is 3.73. The Hall–Kier alpha value is -1.88. The molecule has 0 saturated carbocycles. The van der Waals surface area contributed by atoms with E-state index in [1.165, 1.54) is 23.1 Å². The van der Waals surface area contributed by atoms with E-state index in [1.54, 1.807) is 18.2 Å². The number of rotatable bonds is 9. The first-order chi connectivity index (χ1) is 13.9. The SMILES string of the molecule is Cc1nnc(NC(=O)CSc2nnc(CCCOc3ccc(Cl)cc3Cl)n2C)s1. The summed E-state index contributed by atoms with van der Waals surface area (Å²) >= 11 is 14.6. The van der Waals surface area contributed by atoms with E-state index in [1.807, 2.05) is 18.5 Å². The van der Waals surface area contributed by atoms with E-state index in [0.717, 1.165) is 17.3 Å². The van der Waals surface area contributed by atoms with Gasteiger partial charge in [0.1, 0.15) is 16.6 Å². The Morgan fingerprint density at radius 1 is 1.28 bits per heavy atom. The molecule has 1 aromatic carbocycles. The molecule has 0 aliphatic heterocycles. The van der Waals surface area contributed by atoms with Crippen LogP contribution in [0.3, 0.4) is 0 Å². The molecule has 0 fully saturated rings. The van der Waals surface area contributed by atoms with Gasteiger partial charge in [0, 0.05) is 18.5 Å². The molecule has 0 unspecified atom stereocenters. The van der Waals surface area contributed by atoms with Gasteiger partial charge in [-0.1, -0.05) is 46.3 Å². The van der Waals surface area contributed by atoms with Gasteiger partial charge < -0.3 is 9.30 Å². The highest BCUT2D eigenvalue weighted by Crippen LogP contribution is 2.27. The minimum Gasteiger partial charge on any atom is -0.492 e. The summed E-state index contributed by atoms with van der Waals surface area (Å²) in [5.74, 6) is 1.47. The monoisotopic (exact) mass is 472 g/mol. The number of nitrogens with one attached hydrogen (secondary N) is 1. The molecule has 29 heavy (non-hydrogen) atoms. The maximum absolute atomic E-state index is 12.0. The van der Waals surface area contributed by atoms with Crippen molar-refractivity contribution in [2.24, 2.45) is 7.05 Å². The third kappa shape index (κ3) is 6.30. The van der Waals surface area contributed by atoms with Gasteiger partial charge in [-0.05, 0) is 31.5 Å². The molecule has 0 saturated heterocycles. The van der Waals surface area contributed by atoms with E-state index in [4.69, 9.17) is 27.9 Å². The normalized spacial score (nSPS) is 10.9. The molecule has 154 valence electrons. The van der Waals surface area contributed by atoms with Crippen LogP contribution in [0.1, 0.15) is 17.3 Å². The van der Waals surface area contributed by atoms with Crippen molar-refractivity contribution in [1.82, 2.24) is 25.0 Å². The number of carbonyl (C=O) groups is 1. The van der Waals surface area contributed by atoms with Crippen LogP contribution in [0, 0.1) is 6.92 Å². The molecule has 0 radical (unpaired) electrons. The number of aromatic nitrogens is 5. The number of amides is 1. The Balaban J connectivity index is 1.43. The molecule has 0 aliphatic carbocycles. The molecule has 0 aliphatic rings. The molecule has 3 aromatic rings. The fourth-order valence-corrected chi connectivity index (χ4v) is 4.13. The lowest BCUT2D eigenvalue weighted by Crippen LogP contribution is -2.14.